The molecule has 0 radical (unpaired) electrons. The Kier molecular flexibility index (Phi) is 8.12. The topological polar surface area (TPSA) is 135 Å². The monoisotopic (exact) mass is 555 g/mol. The Balaban J connectivity index is 0.00000336. The van der Waals surface area contributed by atoms with E-state index < -0.39 is 20.5 Å². The van der Waals surface area contributed by atoms with Crippen LogP contribution in [-0.2, 0) is 14.6 Å². The van der Waals surface area contributed by atoms with Crippen LogP contribution in [0.2, 0.25) is 0 Å². The van der Waals surface area contributed by atoms with Gasteiger partial charge in [-0.1, -0.05) is 23.4 Å². The van der Waals surface area contributed by atoms with Crippen molar-refractivity contribution in [2.45, 2.75) is 22.5 Å². The number of benzene rings is 3. The second-order valence-electron chi connectivity index (χ2n) is 8.67. The van der Waals surface area contributed by atoms with E-state index >= 15 is 0 Å². The van der Waals surface area contributed by atoms with Crippen molar-refractivity contribution in [3.8, 4) is 28.4 Å². The Morgan fingerprint density at radius 3 is 2.21 bits per heavy atom. The first-order valence-corrected chi connectivity index (χ1v) is 13.2. The average molecular weight is 556 g/mol. The molecule has 1 saturated heterocycles. The highest BCUT2D eigenvalue weighted by molar-refractivity contribution is 7.93. The third kappa shape index (κ3) is 5.14. The maximum atomic E-state index is 13.4. The van der Waals surface area contributed by atoms with E-state index in [1.807, 2.05) is 54.6 Å². The molecule has 0 saturated carbocycles. The van der Waals surface area contributed by atoms with Gasteiger partial charge >= 0.3 is 0 Å². The molecule has 198 valence electrons. The summed E-state index contributed by atoms with van der Waals surface area (Å²) >= 11 is 0. The number of nitrogens with one attached hydrogen (secondary N) is 2. The zero-order valence-electron chi connectivity index (χ0n) is 20.1. The van der Waals surface area contributed by atoms with Gasteiger partial charge in [0.15, 0.2) is 14.6 Å². The largest absolute Gasteiger partial charge is 0.457 e. The van der Waals surface area contributed by atoms with Crippen molar-refractivity contribution in [2.75, 3.05) is 13.1 Å². The molecule has 10 nitrogen and oxygen atoms in total. The molecule has 1 amide bonds. The molecule has 38 heavy (non-hydrogen) atoms. The molecule has 0 spiro atoms. The summed E-state index contributed by atoms with van der Waals surface area (Å²) in [6.45, 7) is 0.706. The van der Waals surface area contributed by atoms with Gasteiger partial charge in [0.1, 0.15) is 17.2 Å². The van der Waals surface area contributed by atoms with Crippen molar-refractivity contribution >= 4 is 28.2 Å². The van der Waals surface area contributed by atoms with Crippen LogP contribution in [0.1, 0.15) is 12.8 Å². The fourth-order valence-corrected chi connectivity index (χ4v) is 6.37. The molecule has 1 aliphatic heterocycles. The van der Waals surface area contributed by atoms with Crippen molar-refractivity contribution < 1.29 is 23.2 Å². The lowest BCUT2D eigenvalue weighted by Crippen LogP contribution is -2.57. The molecule has 0 aliphatic carbocycles. The first-order chi connectivity index (χ1) is 17.9. The number of carbonyl (C=O) groups is 1. The molecule has 4 aromatic rings. The smallest absolute Gasteiger partial charge is 0.265 e. The molecule has 0 bridgehead atoms. The molecule has 12 heteroatoms. The van der Waals surface area contributed by atoms with E-state index in [2.05, 4.69) is 15.6 Å². The van der Waals surface area contributed by atoms with Gasteiger partial charge in [-0.05, 0) is 86.6 Å². The SMILES string of the molecule is Cl.O=C(NO)C1(S(=O)(=O)c2ccc(-n3cc(-c4ccc(Oc5ccccc5)cc4)nn3)cc2)CCNCC1. The van der Waals surface area contributed by atoms with E-state index in [9.17, 15) is 18.4 Å². The van der Waals surface area contributed by atoms with Gasteiger partial charge in [0.05, 0.1) is 16.8 Å². The number of carbonyl (C=O) groups excluding carboxylic acids is 1. The molecule has 2 heterocycles. The zero-order chi connectivity index (χ0) is 25.9. The van der Waals surface area contributed by atoms with Crippen LogP contribution in [0.15, 0.2) is 90.0 Å². The molecule has 0 atom stereocenters. The number of piperidine rings is 1. The van der Waals surface area contributed by atoms with Crippen molar-refractivity contribution in [3.63, 3.8) is 0 Å². The van der Waals surface area contributed by atoms with Gasteiger partial charge in [-0.2, -0.15) is 0 Å². The van der Waals surface area contributed by atoms with Gasteiger partial charge < -0.3 is 10.1 Å². The van der Waals surface area contributed by atoms with Crippen LogP contribution < -0.4 is 15.5 Å². The maximum Gasteiger partial charge on any atom is 0.265 e. The summed E-state index contributed by atoms with van der Waals surface area (Å²) in [6, 6.07) is 23.0. The van der Waals surface area contributed by atoms with Crippen molar-refractivity contribution in [2.24, 2.45) is 0 Å². The number of para-hydroxylation sites is 1. The van der Waals surface area contributed by atoms with Gasteiger partial charge in [-0.3, -0.25) is 10.0 Å². The number of hydroxylamine groups is 1. The Bertz CT molecular complexity index is 1490. The summed E-state index contributed by atoms with van der Waals surface area (Å²) in [5.74, 6) is 0.523. The van der Waals surface area contributed by atoms with E-state index in [-0.39, 0.29) is 30.1 Å². The highest BCUT2D eigenvalue weighted by Crippen LogP contribution is 2.34. The highest BCUT2D eigenvalue weighted by atomic mass is 35.5. The molecule has 1 aromatic heterocycles. The minimum absolute atomic E-state index is 0. The molecule has 1 aliphatic rings. The number of amides is 1. The lowest BCUT2D eigenvalue weighted by Gasteiger charge is -2.34. The quantitative estimate of drug-likeness (QED) is 0.233. The molecule has 0 unspecified atom stereocenters. The maximum absolute atomic E-state index is 13.4. The minimum atomic E-state index is -4.07. The summed E-state index contributed by atoms with van der Waals surface area (Å²) in [5.41, 5.74) is 3.63. The van der Waals surface area contributed by atoms with Gasteiger partial charge in [0.25, 0.3) is 5.91 Å². The molecule has 1 fully saturated rings. The third-order valence-electron chi connectivity index (χ3n) is 6.47. The van der Waals surface area contributed by atoms with Crippen molar-refractivity contribution in [1.29, 1.82) is 0 Å². The summed E-state index contributed by atoms with van der Waals surface area (Å²) < 4.78 is 32.5. The van der Waals surface area contributed by atoms with Crippen LogP contribution in [0.4, 0.5) is 0 Å². The van der Waals surface area contributed by atoms with Crippen LogP contribution in [-0.4, -0.2) is 52.4 Å². The Hall–Kier alpha value is -3.77. The molecule has 3 aromatic carbocycles. The summed E-state index contributed by atoms with van der Waals surface area (Å²) in [7, 11) is -4.07. The fraction of sp³-hybridized carbons (Fsp3) is 0.192. The number of sulfone groups is 1. The number of nitrogens with zero attached hydrogens (tertiary/aromatic N) is 3. The van der Waals surface area contributed by atoms with E-state index in [0.717, 1.165) is 11.3 Å². The molecule has 3 N–H and O–H groups in total. The van der Waals surface area contributed by atoms with Crippen LogP contribution in [0.25, 0.3) is 16.9 Å². The summed E-state index contributed by atoms with van der Waals surface area (Å²) in [5, 5.41) is 20.7. The third-order valence-corrected chi connectivity index (χ3v) is 8.99. The van der Waals surface area contributed by atoms with Crippen molar-refractivity contribution in [1.82, 2.24) is 25.8 Å². The lowest BCUT2D eigenvalue weighted by molar-refractivity contribution is -0.132. The van der Waals surface area contributed by atoms with Crippen LogP contribution >= 0.6 is 12.4 Å². The average Bonchev–Trinajstić information content (AvgIpc) is 3.44. The number of ether oxygens (including phenoxy) is 1. The molecular weight excluding hydrogens is 530 g/mol. The molecule has 5 rings (SSSR count). The van der Waals surface area contributed by atoms with Gasteiger partial charge in [0, 0.05) is 5.56 Å². The van der Waals surface area contributed by atoms with E-state index in [0.29, 0.717) is 30.2 Å². The predicted molar refractivity (Wildman–Crippen MR) is 143 cm³/mol. The lowest BCUT2D eigenvalue weighted by atomic mass is 9.96. The Morgan fingerprint density at radius 2 is 1.58 bits per heavy atom. The number of hydrogen-bond donors (Lipinski definition) is 3. The summed E-state index contributed by atoms with van der Waals surface area (Å²) in [6.07, 6.45) is 1.86. The Labute approximate surface area is 225 Å². The van der Waals surface area contributed by atoms with Crippen LogP contribution in [0.3, 0.4) is 0 Å². The van der Waals surface area contributed by atoms with Gasteiger partial charge in [-0.15, -0.1) is 17.5 Å². The highest BCUT2D eigenvalue weighted by Gasteiger charge is 2.51. The van der Waals surface area contributed by atoms with Gasteiger partial charge in [-0.25, -0.2) is 18.6 Å². The van der Waals surface area contributed by atoms with Crippen LogP contribution in [0.5, 0.6) is 11.5 Å². The summed E-state index contributed by atoms with van der Waals surface area (Å²) in [4.78, 5) is 12.4. The number of rotatable bonds is 7. The second-order valence-corrected chi connectivity index (χ2v) is 10.9. The standard InChI is InChI=1S/C26H25N5O5S.ClH/c32-25(29-33)26(14-16-27-17-15-26)37(34,35)23-12-8-20(9-13-23)31-18-24(28-30-31)19-6-10-22(11-7-19)36-21-4-2-1-3-5-21;/h1-13,18,27,33H,14-17H2,(H,29,32);1H. The minimum Gasteiger partial charge on any atom is -0.457 e. The van der Waals surface area contributed by atoms with E-state index in [1.54, 1.807) is 28.5 Å². The fourth-order valence-electron chi connectivity index (χ4n) is 4.39. The number of aromatic nitrogens is 3. The predicted octanol–water partition coefficient (Wildman–Crippen LogP) is 3.55. The number of halogens is 1. The van der Waals surface area contributed by atoms with E-state index in [1.165, 1.54) is 12.1 Å². The van der Waals surface area contributed by atoms with Crippen molar-refractivity contribution in [3.05, 3.63) is 85.1 Å². The van der Waals surface area contributed by atoms with E-state index in [4.69, 9.17) is 4.74 Å². The first-order valence-electron chi connectivity index (χ1n) is 11.7. The Morgan fingerprint density at radius 1 is 0.947 bits per heavy atom. The molecular formula is C26H26ClN5O5S. The normalized spacial score (nSPS) is 14.8. The second kappa shape index (κ2) is 11.3. The number of hydrogen-bond acceptors (Lipinski definition) is 8. The first kappa shape index (κ1) is 27.3. The zero-order valence-corrected chi connectivity index (χ0v) is 21.8. The van der Waals surface area contributed by atoms with Gasteiger partial charge in [0.2, 0.25) is 0 Å². The van der Waals surface area contributed by atoms with Crippen LogP contribution in [0, 0.1) is 0 Å².